The molecule has 3 heteroatoms. The van der Waals surface area contributed by atoms with Crippen LogP contribution < -0.4 is 5.32 Å². The summed E-state index contributed by atoms with van der Waals surface area (Å²) >= 11 is 0. The third-order valence-electron chi connectivity index (χ3n) is 2.88. The van der Waals surface area contributed by atoms with Crippen LogP contribution in [0.4, 0.5) is 0 Å². The van der Waals surface area contributed by atoms with Gasteiger partial charge in [0.25, 0.3) is 0 Å². The summed E-state index contributed by atoms with van der Waals surface area (Å²) in [6.07, 6.45) is 1.38. The molecule has 13 heavy (non-hydrogen) atoms. The molecule has 3 nitrogen and oxygen atoms in total. The van der Waals surface area contributed by atoms with Gasteiger partial charge in [-0.05, 0) is 37.3 Å². The first-order valence-corrected chi connectivity index (χ1v) is 5.02. The fourth-order valence-corrected chi connectivity index (χ4v) is 1.98. The summed E-state index contributed by atoms with van der Waals surface area (Å²) < 4.78 is 0. The summed E-state index contributed by atoms with van der Waals surface area (Å²) in [7, 11) is 0. The van der Waals surface area contributed by atoms with E-state index in [2.05, 4.69) is 19.2 Å². The van der Waals surface area contributed by atoms with E-state index in [1.54, 1.807) is 0 Å². The highest BCUT2D eigenvalue weighted by Gasteiger charge is 2.25. The van der Waals surface area contributed by atoms with Crippen molar-refractivity contribution < 1.29 is 9.90 Å². The number of aliphatic carboxylic acids is 1. The van der Waals surface area contributed by atoms with E-state index >= 15 is 0 Å². The van der Waals surface area contributed by atoms with Crippen LogP contribution in [0.5, 0.6) is 0 Å². The van der Waals surface area contributed by atoms with Crippen LogP contribution in [0.1, 0.15) is 26.7 Å². The van der Waals surface area contributed by atoms with E-state index < -0.39 is 5.97 Å². The Kier molecular flexibility index (Phi) is 3.72. The van der Waals surface area contributed by atoms with Crippen LogP contribution in [0.15, 0.2) is 0 Å². The molecule has 0 spiro atoms. The third-order valence-corrected chi connectivity index (χ3v) is 2.88. The van der Waals surface area contributed by atoms with Crippen molar-refractivity contribution in [1.29, 1.82) is 0 Å². The molecule has 0 bridgehead atoms. The maximum atomic E-state index is 10.5. The number of carboxylic acid groups (broad SMARTS) is 1. The zero-order valence-corrected chi connectivity index (χ0v) is 8.42. The molecule has 0 aromatic heterocycles. The molecule has 1 rings (SSSR count). The number of carboxylic acids is 1. The predicted octanol–water partition coefficient (Wildman–Crippen LogP) is 1.34. The normalized spacial score (nSPS) is 29.2. The molecule has 0 aromatic rings. The quantitative estimate of drug-likeness (QED) is 0.697. The van der Waals surface area contributed by atoms with Crippen LogP contribution in [-0.2, 0) is 4.79 Å². The number of hydrogen-bond donors (Lipinski definition) is 2. The maximum Gasteiger partial charge on any atom is 0.303 e. The second kappa shape index (κ2) is 4.61. The van der Waals surface area contributed by atoms with Crippen LogP contribution in [0.3, 0.4) is 0 Å². The van der Waals surface area contributed by atoms with Crippen LogP contribution in [0.2, 0.25) is 0 Å². The molecule has 1 aliphatic rings. The van der Waals surface area contributed by atoms with E-state index in [1.165, 1.54) is 0 Å². The van der Waals surface area contributed by atoms with Gasteiger partial charge in [-0.15, -0.1) is 0 Å². The SMILES string of the molecule is CC(C)C1CNCC(CC(=O)O)C1. The Morgan fingerprint density at radius 2 is 2.23 bits per heavy atom. The van der Waals surface area contributed by atoms with E-state index in [0.717, 1.165) is 19.5 Å². The number of nitrogens with one attached hydrogen (secondary N) is 1. The van der Waals surface area contributed by atoms with Gasteiger partial charge in [-0.3, -0.25) is 4.79 Å². The van der Waals surface area contributed by atoms with Crippen LogP contribution in [0, 0.1) is 17.8 Å². The summed E-state index contributed by atoms with van der Waals surface area (Å²) in [5.74, 6) is 0.969. The lowest BCUT2D eigenvalue weighted by Crippen LogP contribution is -2.39. The molecular formula is C10H19NO2. The van der Waals surface area contributed by atoms with Crippen molar-refractivity contribution in [3.8, 4) is 0 Å². The second-order valence-electron chi connectivity index (χ2n) is 4.36. The topological polar surface area (TPSA) is 49.3 Å². The lowest BCUT2D eigenvalue weighted by molar-refractivity contribution is -0.138. The first-order chi connectivity index (χ1) is 6.09. The minimum Gasteiger partial charge on any atom is -0.481 e. The number of hydrogen-bond acceptors (Lipinski definition) is 2. The van der Waals surface area contributed by atoms with Crippen molar-refractivity contribution in [2.45, 2.75) is 26.7 Å². The van der Waals surface area contributed by atoms with Gasteiger partial charge >= 0.3 is 5.97 Å². The molecule has 0 amide bonds. The highest BCUT2D eigenvalue weighted by molar-refractivity contribution is 5.67. The van der Waals surface area contributed by atoms with Gasteiger partial charge in [0.1, 0.15) is 0 Å². The van der Waals surface area contributed by atoms with E-state index in [0.29, 0.717) is 24.2 Å². The Hall–Kier alpha value is -0.570. The minimum atomic E-state index is -0.670. The van der Waals surface area contributed by atoms with Crippen molar-refractivity contribution in [3.05, 3.63) is 0 Å². The van der Waals surface area contributed by atoms with Crippen molar-refractivity contribution in [2.75, 3.05) is 13.1 Å². The fraction of sp³-hybridized carbons (Fsp3) is 0.900. The number of carbonyl (C=O) groups is 1. The van der Waals surface area contributed by atoms with Crippen molar-refractivity contribution in [1.82, 2.24) is 5.32 Å². The summed E-state index contributed by atoms with van der Waals surface area (Å²) in [5, 5.41) is 12.0. The van der Waals surface area contributed by atoms with Crippen LogP contribution in [0.25, 0.3) is 0 Å². The molecule has 2 unspecified atom stereocenters. The Bertz CT molecular complexity index is 180. The third kappa shape index (κ3) is 3.35. The molecular weight excluding hydrogens is 166 g/mol. The standard InChI is InChI=1S/C10H19NO2/c1-7(2)9-3-8(4-10(12)13)5-11-6-9/h7-9,11H,3-6H2,1-2H3,(H,12,13). The van der Waals surface area contributed by atoms with Gasteiger partial charge in [-0.25, -0.2) is 0 Å². The van der Waals surface area contributed by atoms with Gasteiger partial charge < -0.3 is 10.4 Å². The van der Waals surface area contributed by atoms with Crippen molar-refractivity contribution >= 4 is 5.97 Å². The van der Waals surface area contributed by atoms with Gasteiger partial charge in [0, 0.05) is 6.42 Å². The highest BCUT2D eigenvalue weighted by Crippen LogP contribution is 2.24. The Morgan fingerprint density at radius 3 is 2.77 bits per heavy atom. The molecule has 1 fully saturated rings. The lowest BCUT2D eigenvalue weighted by Gasteiger charge is -2.31. The molecule has 0 aromatic carbocycles. The molecule has 0 aliphatic carbocycles. The summed E-state index contributed by atoms with van der Waals surface area (Å²) in [4.78, 5) is 10.5. The second-order valence-corrected chi connectivity index (χ2v) is 4.36. The maximum absolute atomic E-state index is 10.5. The largest absolute Gasteiger partial charge is 0.481 e. The average Bonchev–Trinajstić information content (AvgIpc) is 2.03. The molecule has 2 N–H and O–H groups in total. The van der Waals surface area contributed by atoms with Gasteiger partial charge in [-0.2, -0.15) is 0 Å². The van der Waals surface area contributed by atoms with Crippen molar-refractivity contribution in [3.63, 3.8) is 0 Å². The Balaban J connectivity index is 2.37. The summed E-state index contributed by atoms with van der Waals surface area (Å²) in [6, 6.07) is 0. The minimum absolute atomic E-state index is 0.316. The van der Waals surface area contributed by atoms with Gasteiger partial charge in [-0.1, -0.05) is 13.8 Å². The van der Waals surface area contributed by atoms with Gasteiger partial charge in [0.15, 0.2) is 0 Å². The smallest absolute Gasteiger partial charge is 0.303 e. The van der Waals surface area contributed by atoms with E-state index in [-0.39, 0.29) is 0 Å². The molecule has 1 saturated heterocycles. The summed E-state index contributed by atoms with van der Waals surface area (Å²) in [5.41, 5.74) is 0. The molecule has 2 atom stereocenters. The van der Waals surface area contributed by atoms with Gasteiger partial charge in [0.2, 0.25) is 0 Å². The Labute approximate surface area is 79.5 Å². The van der Waals surface area contributed by atoms with E-state index in [9.17, 15) is 4.79 Å². The van der Waals surface area contributed by atoms with Crippen LogP contribution >= 0.6 is 0 Å². The van der Waals surface area contributed by atoms with Gasteiger partial charge in [0.05, 0.1) is 0 Å². The first kappa shape index (κ1) is 10.5. The molecule has 0 radical (unpaired) electrons. The zero-order chi connectivity index (χ0) is 9.84. The molecule has 1 heterocycles. The Morgan fingerprint density at radius 1 is 1.54 bits per heavy atom. The predicted molar refractivity (Wildman–Crippen MR) is 51.6 cm³/mol. The van der Waals surface area contributed by atoms with E-state index in [1.807, 2.05) is 0 Å². The number of rotatable bonds is 3. The molecule has 76 valence electrons. The first-order valence-electron chi connectivity index (χ1n) is 5.02. The fourth-order valence-electron chi connectivity index (χ4n) is 1.98. The lowest BCUT2D eigenvalue weighted by atomic mass is 9.82. The van der Waals surface area contributed by atoms with E-state index in [4.69, 9.17) is 5.11 Å². The monoisotopic (exact) mass is 185 g/mol. The zero-order valence-electron chi connectivity index (χ0n) is 8.42. The average molecular weight is 185 g/mol. The molecule has 0 saturated carbocycles. The van der Waals surface area contributed by atoms with Crippen molar-refractivity contribution in [2.24, 2.45) is 17.8 Å². The van der Waals surface area contributed by atoms with Crippen LogP contribution in [-0.4, -0.2) is 24.2 Å². The highest BCUT2D eigenvalue weighted by atomic mass is 16.4. The molecule has 1 aliphatic heterocycles. The number of piperidine rings is 1. The summed E-state index contributed by atoms with van der Waals surface area (Å²) in [6.45, 7) is 6.33.